The second kappa shape index (κ2) is 5.54. The molecule has 2 aromatic rings. The Morgan fingerprint density at radius 3 is 2.63 bits per heavy atom. The van der Waals surface area contributed by atoms with Gasteiger partial charge in [-0.25, -0.2) is 0 Å². The molecule has 0 unspecified atom stereocenters. The van der Waals surface area contributed by atoms with Crippen molar-refractivity contribution in [1.29, 1.82) is 0 Å². The van der Waals surface area contributed by atoms with E-state index < -0.39 is 0 Å². The van der Waals surface area contributed by atoms with Crippen LogP contribution in [0.15, 0.2) is 48.8 Å². The van der Waals surface area contributed by atoms with Crippen LogP contribution in [0.4, 0.5) is 0 Å². The van der Waals surface area contributed by atoms with Crippen LogP contribution in [0.2, 0.25) is 0 Å². The zero-order valence-electron chi connectivity index (χ0n) is 11.3. The average molecular weight is 252 g/mol. The molecule has 1 N–H and O–H groups in total. The molecule has 19 heavy (non-hydrogen) atoms. The number of hydrogen-bond acceptors (Lipinski definition) is 2. The maximum Gasteiger partial charge on any atom is 0.0315 e. The average Bonchev–Trinajstić information content (AvgIpc) is 3.31. The van der Waals surface area contributed by atoms with Gasteiger partial charge < -0.3 is 5.32 Å². The molecule has 1 fully saturated rings. The Morgan fingerprint density at radius 2 is 2.00 bits per heavy atom. The van der Waals surface area contributed by atoms with Crippen molar-refractivity contribution in [3.8, 4) is 0 Å². The van der Waals surface area contributed by atoms with Gasteiger partial charge in [0, 0.05) is 25.0 Å². The SMILES string of the molecule is C[C@@H](NCc1ccc(C2CC2)cc1)c1cccnc1. The van der Waals surface area contributed by atoms with Crippen molar-refractivity contribution < 1.29 is 0 Å². The van der Waals surface area contributed by atoms with Crippen molar-refractivity contribution in [2.45, 2.75) is 38.3 Å². The Bertz CT molecular complexity index is 515. The topological polar surface area (TPSA) is 24.9 Å². The first-order valence-corrected chi connectivity index (χ1v) is 7.05. The molecule has 1 atom stereocenters. The quantitative estimate of drug-likeness (QED) is 0.875. The molecule has 1 saturated carbocycles. The van der Waals surface area contributed by atoms with Crippen LogP contribution in [-0.4, -0.2) is 4.98 Å². The summed E-state index contributed by atoms with van der Waals surface area (Å²) < 4.78 is 0. The van der Waals surface area contributed by atoms with Gasteiger partial charge in [-0.3, -0.25) is 4.98 Å². The summed E-state index contributed by atoms with van der Waals surface area (Å²) in [5, 5.41) is 3.54. The van der Waals surface area contributed by atoms with Crippen LogP contribution in [0, 0.1) is 0 Å². The highest BCUT2D eigenvalue weighted by atomic mass is 14.9. The molecule has 0 amide bonds. The fourth-order valence-corrected chi connectivity index (χ4v) is 2.35. The Kier molecular flexibility index (Phi) is 3.60. The second-order valence-corrected chi connectivity index (χ2v) is 5.40. The normalized spacial score (nSPS) is 16.3. The molecule has 1 aromatic heterocycles. The summed E-state index contributed by atoms with van der Waals surface area (Å²) >= 11 is 0. The molecule has 98 valence electrons. The molecular formula is C17H20N2. The van der Waals surface area contributed by atoms with E-state index in [2.05, 4.69) is 47.6 Å². The molecule has 2 heteroatoms. The van der Waals surface area contributed by atoms with Gasteiger partial charge in [-0.1, -0.05) is 30.3 Å². The van der Waals surface area contributed by atoms with Gasteiger partial charge in [-0.15, -0.1) is 0 Å². The third-order valence-electron chi connectivity index (χ3n) is 3.83. The van der Waals surface area contributed by atoms with E-state index in [0.717, 1.165) is 12.5 Å². The summed E-state index contributed by atoms with van der Waals surface area (Å²) in [5.74, 6) is 0.844. The minimum absolute atomic E-state index is 0.330. The monoisotopic (exact) mass is 252 g/mol. The molecule has 0 spiro atoms. The maximum atomic E-state index is 4.16. The number of benzene rings is 1. The summed E-state index contributed by atoms with van der Waals surface area (Å²) in [5.41, 5.74) is 4.08. The van der Waals surface area contributed by atoms with Crippen LogP contribution in [-0.2, 0) is 6.54 Å². The molecular weight excluding hydrogens is 232 g/mol. The first-order valence-electron chi connectivity index (χ1n) is 7.05. The highest BCUT2D eigenvalue weighted by Crippen LogP contribution is 2.39. The largest absolute Gasteiger partial charge is 0.306 e. The lowest BCUT2D eigenvalue weighted by Gasteiger charge is -2.14. The molecule has 0 bridgehead atoms. The molecule has 1 aliphatic carbocycles. The molecule has 0 radical (unpaired) electrons. The molecule has 1 aromatic carbocycles. The first-order chi connectivity index (χ1) is 9.33. The summed E-state index contributed by atoms with van der Waals surface area (Å²) in [6.45, 7) is 3.08. The summed E-state index contributed by atoms with van der Waals surface area (Å²) in [6.07, 6.45) is 6.48. The third kappa shape index (κ3) is 3.21. The van der Waals surface area contributed by atoms with E-state index in [-0.39, 0.29) is 0 Å². The predicted octanol–water partition coefficient (Wildman–Crippen LogP) is 3.81. The van der Waals surface area contributed by atoms with Gasteiger partial charge in [-0.2, -0.15) is 0 Å². The van der Waals surface area contributed by atoms with Gasteiger partial charge in [0.15, 0.2) is 0 Å². The van der Waals surface area contributed by atoms with Crippen molar-refractivity contribution in [3.05, 3.63) is 65.5 Å². The summed E-state index contributed by atoms with van der Waals surface area (Å²) in [7, 11) is 0. The molecule has 2 nitrogen and oxygen atoms in total. The molecule has 0 aliphatic heterocycles. The zero-order valence-corrected chi connectivity index (χ0v) is 11.3. The maximum absolute atomic E-state index is 4.16. The van der Waals surface area contributed by atoms with E-state index in [1.54, 1.807) is 0 Å². The summed E-state index contributed by atoms with van der Waals surface area (Å²) in [4.78, 5) is 4.16. The Labute approximate surface area is 114 Å². The van der Waals surface area contributed by atoms with Crippen molar-refractivity contribution >= 4 is 0 Å². The highest BCUT2D eigenvalue weighted by Gasteiger charge is 2.22. The van der Waals surface area contributed by atoms with Crippen LogP contribution in [0.25, 0.3) is 0 Å². The van der Waals surface area contributed by atoms with Gasteiger partial charge in [0.2, 0.25) is 0 Å². The molecule has 3 rings (SSSR count). The first kappa shape index (κ1) is 12.4. The molecule has 0 saturated heterocycles. The van der Waals surface area contributed by atoms with Gasteiger partial charge >= 0.3 is 0 Å². The number of hydrogen-bond donors (Lipinski definition) is 1. The minimum atomic E-state index is 0.330. The lowest BCUT2D eigenvalue weighted by atomic mass is 10.1. The van der Waals surface area contributed by atoms with Gasteiger partial charge in [0.05, 0.1) is 0 Å². The standard InChI is InChI=1S/C17H20N2/c1-13(17-3-2-10-18-12-17)19-11-14-4-6-15(7-5-14)16-8-9-16/h2-7,10,12-13,16,19H,8-9,11H2,1H3/t13-/m1/s1. The predicted molar refractivity (Wildman–Crippen MR) is 77.9 cm³/mol. The number of rotatable bonds is 5. The Hall–Kier alpha value is -1.67. The Morgan fingerprint density at radius 1 is 1.21 bits per heavy atom. The highest BCUT2D eigenvalue weighted by molar-refractivity contribution is 5.28. The summed E-state index contributed by atoms with van der Waals surface area (Å²) in [6, 6.07) is 13.5. The van der Waals surface area contributed by atoms with Crippen LogP contribution in [0.3, 0.4) is 0 Å². The lowest BCUT2D eigenvalue weighted by molar-refractivity contribution is 0.573. The second-order valence-electron chi connectivity index (χ2n) is 5.40. The third-order valence-corrected chi connectivity index (χ3v) is 3.83. The van der Waals surface area contributed by atoms with Crippen LogP contribution in [0.1, 0.15) is 48.4 Å². The van der Waals surface area contributed by atoms with Gasteiger partial charge in [0.25, 0.3) is 0 Å². The zero-order chi connectivity index (χ0) is 13.1. The van der Waals surface area contributed by atoms with E-state index in [0.29, 0.717) is 6.04 Å². The number of nitrogens with one attached hydrogen (secondary N) is 1. The number of aromatic nitrogens is 1. The Balaban J connectivity index is 1.56. The van der Waals surface area contributed by atoms with E-state index in [4.69, 9.17) is 0 Å². The van der Waals surface area contributed by atoms with Crippen LogP contribution >= 0.6 is 0 Å². The number of pyridine rings is 1. The van der Waals surface area contributed by atoms with Crippen LogP contribution < -0.4 is 5.32 Å². The van der Waals surface area contributed by atoms with Gasteiger partial charge in [-0.05, 0) is 48.4 Å². The fourth-order valence-electron chi connectivity index (χ4n) is 2.35. The lowest BCUT2D eigenvalue weighted by Crippen LogP contribution is -2.18. The van der Waals surface area contributed by atoms with Crippen molar-refractivity contribution in [2.75, 3.05) is 0 Å². The van der Waals surface area contributed by atoms with Gasteiger partial charge in [0.1, 0.15) is 0 Å². The molecule has 1 aliphatic rings. The van der Waals surface area contributed by atoms with Crippen molar-refractivity contribution in [1.82, 2.24) is 10.3 Å². The van der Waals surface area contributed by atoms with E-state index in [9.17, 15) is 0 Å². The smallest absolute Gasteiger partial charge is 0.0315 e. The van der Waals surface area contributed by atoms with E-state index in [1.165, 1.54) is 29.5 Å². The minimum Gasteiger partial charge on any atom is -0.306 e. The van der Waals surface area contributed by atoms with E-state index >= 15 is 0 Å². The number of nitrogens with zero attached hydrogens (tertiary/aromatic N) is 1. The van der Waals surface area contributed by atoms with Crippen molar-refractivity contribution in [2.24, 2.45) is 0 Å². The van der Waals surface area contributed by atoms with E-state index in [1.807, 2.05) is 18.5 Å². The molecule has 1 heterocycles. The fraction of sp³-hybridized carbons (Fsp3) is 0.353. The van der Waals surface area contributed by atoms with Crippen molar-refractivity contribution in [3.63, 3.8) is 0 Å². The van der Waals surface area contributed by atoms with Crippen LogP contribution in [0.5, 0.6) is 0 Å².